The summed E-state index contributed by atoms with van der Waals surface area (Å²) >= 11 is 0. The Morgan fingerprint density at radius 1 is 1.33 bits per heavy atom. The number of aromatic amines is 1. The van der Waals surface area contributed by atoms with Crippen LogP contribution in [0.5, 0.6) is 5.75 Å². The maximum absolute atomic E-state index is 12.7. The molecule has 3 heterocycles. The van der Waals surface area contributed by atoms with Crippen LogP contribution >= 0.6 is 0 Å². The van der Waals surface area contributed by atoms with Crippen molar-refractivity contribution in [3.63, 3.8) is 0 Å². The maximum Gasteiger partial charge on any atom is 0.409 e. The summed E-state index contributed by atoms with van der Waals surface area (Å²) in [4.78, 5) is 26.2. The number of benzene rings is 1. The number of piperidine rings is 1. The van der Waals surface area contributed by atoms with Gasteiger partial charge in [0.15, 0.2) is 0 Å². The number of carbonyl (C=O) groups excluding carboxylic acids is 2. The first kappa shape index (κ1) is 17.4. The molecule has 1 saturated heterocycles. The fourth-order valence-electron chi connectivity index (χ4n) is 3.53. The van der Waals surface area contributed by atoms with E-state index in [1.54, 1.807) is 11.8 Å². The Balaban J connectivity index is 1.41. The molecule has 2 amide bonds. The zero-order valence-electron chi connectivity index (χ0n) is 15.2. The number of hydrogen-bond acceptors (Lipinski definition) is 5. The average Bonchev–Trinajstić information content (AvgIpc) is 3.13. The van der Waals surface area contributed by atoms with Gasteiger partial charge in [-0.2, -0.15) is 5.10 Å². The van der Waals surface area contributed by atoms with Gasteiger partial charge >= 0.3 is 6.09 Å². The Labute approximate surface area is 156 Å². The molecule has 0 saturated carbocycles. The van der Waals surface area contributed by atoms with Gasteiger partial charge in [-0.05, 0) is 31.9 Å². The van der Waals surface area contributed by atoms with Crippen molar-refractivity contribution < 1.29 is 19.1 Å². The molecular weight excluding hydrogens is 348 g/mol. The predicted molar refractivity (Wildman–Crippen MR) is 97.4 cm³/mol. The van der Waals surface area contributed by atoms with E-state index in [9.17, 15) is 9.59 Å². The lowest BCUT2D eigenvalue weighted by Gasteiger charge is -2.31. The Morgan fingerprint density at radius 2 is 2.11 bits per heavy atom. The van der Waals surface area contributed by atoms with E-state index >= 15 is 0 Å². The molecule has 0 aliphatic carbocycles. The van der Waals surface area contributed by atoms with Crippen LogP contribution in [0.15, 0.2) is 24.3 Å². The summed E-state index contributed by atoms with van der Waals surface area (Å²) in [5, 5.41) is 10.2. The Kier molecular flexibility index (Phi) is 4.70. The summed E-state index contributed by atoms with van der Waals surface area (Å²) in [5.41, 5.74) is 2.86. The van der Waals surface area contributed by atoms with Crippen LogP contribution < -0.4 is 10.1 Å². The third kappa shape index (κ3) is 3.34. The molecule has 4 rings (SSSR count). The zero-order chi connectivity index (χ0) is 18.8. The number of aromatic nitrogens is 2. The van der Waals surface area contributed by atoms with E-state index in [1.807, 2.05) is 24.3 Å². The van der Waals surface area contributed by atoms with Gasteiger partial charge in [0.25, 0.3) is 5.91 Å². The molecule has 2 aromatic rings. The average molecular weight is 370 g/mol. The number of nitrogens with zero attached hydrogens (tertiary/aromatic N) is 2. The molecule has 2 aliphatic heterocycles. The number of nitrogens with one attached hydrogen (secondary N) is 2. The monoisotopic (exact) mass is 370 g/mol. The van der Waals surface area contributed by atoms with Gasteiger partial charge in [0.1, 0.15) is 23.7 Å². The fourth-order valence-corrected chi connectivity index (χ4v) is 3.53. The standard InChI is InChI=1S/C19H22N4O4/c1-2-26-19(25)23-9-7-12(8-10-23)20-18(24)17-14-11-27-15-6-4-3-5-13(15)16(14)21-22-17/h3-6,12H,2,7-11H2,1H3,(H,20,24)(H,21,22). The van der Waals surface area contributed by atoms with Crippen molar-refractivity contribution in [2.75, 3.05) is 19.7 Å². The Hall–Kier alpha value is -3.03. The van der Waals surface area contributed by atoms with Crippen molar-refractivity contribution in [3.8, 4) is 17.0 Å². The highest BCUT2D eigenvalue weighted by molar-refractivity contribution is 5.96. The molecule has 8 heteroatoms. The van der Waals surface area contributed by atoms with Gasteiger partial charge in [-0.1, -0.05) is 12.1 Å². The molecule has 27 heavy (non-hydrogen) atoms. The fraction of sp³-hybridized carbons (Fsp3) is 0.421. The molecule has 142 valence electrons. The minimum Gasteiger partial charge on any atom is -0.488 e. The molecule has 8 nitrogen and oxygen atoms in total. The topological polar surface area (TPSA) is 96.6 Å². The summed E-state index contributed by atoms with van der Waals surface area (Å²) in [7, 11) is 0. The second-order valence-corrected chi connectivity index (χ2v) is 6.64. The number of hydrogen-bond donors (Lipinski definition) is 2. The van der Waals surface area contributed by atoms with Gasteiger partial charge in [0.05, 0.1) is 6.61 Å². The molecule has 1 aromatic heterocycles. The molecule has 1 aromatic carbocycles. The summed E-state index contributed by atoms with van der Waals surface area (Å²) in [6, 6.07) is 7.67. The molecule has 2 aliphatic rings. The molecule has 0 spiro atoms. The van der Waals surface area contributed by atoms with Crippen LogP contribution in [0.4, 0.5) is 4.79 Å². The maximum atomic E-state index is 12.7. The number of amides is 2. The number of fused-ring (bicyclic) bond motifs is 3. The minimum absolute atomic E-state index is 0.0129. The zero-order valence-corrected chi connectivity index (χ0v) is 15.2. The van der Waals surface area contributed by atoms with Crippen LogP contribution in [0, 0.1) is 0 Å². The van der Waals surface area contributed by atoms with E-state index < -0.39 is 0 Å². The first-order valence-corrected chi connectivity index (χ1v) is 9.19. The summed E-state index contributed by atoms with van der Waals surface area (Å²) in [6.45, 7) is 3.61. The molecule has 0 bridgehead atoms. The van der Waals surface area contributed by atoms with Crippen molar-refractivity contribution in [3.05, 3.63) is 35.5 Å². The first-order chi connectivity index (χ1) is 13.2. The van der Waals surface area contributed by atoms with E-state index in [0.717, 1.165) is 22.6 Å². The summed E-state index contributed by atoms with van der Waals surface area (Å²) < 4.78 is 10.8. The SMILES string of the molecule is CCOC(=O)N1CCC(NC(=O)c2[nH]nc3c2COc2ccccc2-3)CC1. The number of carbonyl (C=O) groups is 2. The second-order valence-electron chi connectivity index (χ2n) is 6.64. The van der Waals surface area contributed by atoms with E-state index in [1.165, 1.54) is 0 Å². The predicted octanol–water partition coefficient (Wildman–Crippen LogP) is 2.32. The highest BCUT2D eigenvalue weighted by Gasteiger charge is 2.29. The van der Waals surface area contributed by atoms with Gasteiger partial charge < -0.3 is 19.7 Å². The Bertz CT molecular complexity index is 855. The van der Waals surface area contributed by atoms with Crippen molar-refractivity contribution in [2.24, 2.45) is 0 Å². The Morgan fingerprint density at radius 3 is 2.89 bits per heavy atom. The molecule has 2 N–H and O–H groups in total. The van der Waals surface area contributed by atoms with Crippen LogP contribution in [0.3, 0.4) is 0 Å². The first-order valence-electron chi connectivity index (χ1n) is 9.19. The van der Waals surface area contributed by atoms with E-state index in [2.05, 4.69) is 15.5 Å². The van der Waals surface area contributed by atoms with Crippen molar-refractivity contribution in [2.45, 2.75) is 32.4 Å². The third-order valence-electron chi connectivity index (χ3n) is 4.96. The molecule has 0 radical (unpaired) electrons. The number of rotatable bonds is 3. The van der Waals surface area contributed by atoms with Gasteiger partial charge in [-0.15, -0.1) is 0 Å². The normalized spacial score (nSPS) is 16.1. The lowest BCUT2D eigenvalue weighted by molar-refractivity contribution is 0.0855. The van der Waals surface area contributed by atoms with Crippen LogP contribution in [-0.2, 0) is 11.3 Å². The van der Waals surface area contributed by atoms with Gasteiger partial charge in [-0.3, -0.25) is 9.89 Å². The van der Waals surface area contributed by atoms with Gasteiger partial charge in [-0.25, -0.2) is 4.79 Å². The smallest absolute Gasteiger partial charge is 0.409 e. The third-order valence-corrected chi connectivity index (χ3v) is 4.96. The van der Waals surface area contributed by atoms with Crippen molar-refractivity contribution >= 4 is 12.0 Å². The molecule has 0 unspecified atom stereocenters. The van der Waals surface area contributed by atoms with Crippen LogP contribution in [0.25, 0.3) is 11.3 Å². The number of para-hydroxylation sites is 1. The van der Waals surface area contributed by atoms with Gasteiger partial charge in [0.2, 0.25) is 0 Å². The van der Waals surface area contributed by atoms with Gasteiger partial charge in [0, 0.05) is 30.3 Å². The van der Waals surface area contributed by atoms with E-state index in [4.69, 9.17) is 9.47 Å². The number of ether oxygens (including phenoxy) is 2. The van der Waals surface area contributed by atoms with Crippen molar-refractivity contribution in [1.82, 2.24) is 20.4 Å². The second kappa shape index (κ2) is 7.30. The summed E-state index contributed by atoms with van der Waals surface area (Å²) in [5.74, 6) is 0.580. The highest BCUT2D eigenvalue weighted by atomic mass is 16.6. The number of H-pyrrole nitrogens is 1. The number of likely N-dealkylation sites (tertiary alicyclic amines) is 1. The van der Waals surface area contributed by atoms with E-state index in [0.29, 0.717) is 44.8 Å². The van der Waals surface area contributed by atoms with Crippen LogP contribution in [0.1, 0.15) is 35.8 Å². The molecule has 0 atom stereocenters. The largest absolute Gasteiger partial charge is 0.488 e. The molecule has 1 fully saturated rings. The minimum atomic E-state index is -0.291. The molecular formula is C19H22N4O4. The van der Waals surface area contributed by atoms with Crippen LogP contribution in [-0.4, -0.2) is 52.8 Å². The highest BCUT2D eigenvalue weighted by Crippen LogP contribution is 2.36. The van der Waals surface area contributed by atoms with Crippen LogP contribution in [0.2, 0.25) is 0 Å². The van der Waals surface area contributed by atoms with Crippen molar-refractivity contribution in [1.29, 1.82) is 0 Å². The summed E-state index contributed by atoms with van der Waals surface area (Å²) in [6.07, 6.45) is 1.10. The lowest BCUT2D eigenvalue weighted by atomic mass is 10.0. The van der Waals surface area contributed by atoms with E-state index in [-0.39, 0.29) is 18.0 Å². The quantitative estimate of drug-likeness (QED) is 0.864. The lowest BCUT2D eigenvalue weighted by Crippen LogP contribution is -2.46.